The van der Waals surface area contributed by atoms with E-state index in [2.05, 4.69) is 26.8 Å². The molecule has 8 nitrogen and oxygen atoms in total. The second-order valence-electron chi connectivity index (χ2n) is 11.4. The fraction of sp³-hybridized carbons (Fsp3) is 0.379. The van der Waals surface area contributed by atoms with E-state index in [4.69, 9.17) is 0 Å². The van der Waals surface area contributed by atoms with E-state index < -0.39 is 30.0 Å². The van der Waals surface area contributed by atoms with Crippen molar-refractivity contribution in [3.63, 3.8) is 0 Å². The number of hydrogen-bond donors (Lipinski definition) is 1. The maximum Gasteiger partial charge on any atom is 0.419 e. The molecule has 0 amide bonds. The molecule has 0 fully saturated rings. The van der Waals surface area contributed by atoms with Crippen molar-refractivity contribution < 1.29 is 26.3 Å². The highest BCUT2D eigenvalue weighted by molar-refractivity contribution is 5.77. The molecule has 0 bridgehead atoms. The van der Waals surface area contributed by atoms with E-state index in [0.717, 1.165) is 24.9 Å². The van der Waals surface area contributed by atoms with Gasteiger partial charge >= 0.3 is 12.4 Å². The summed E-state index contributed by atoms with van der Waals surface area (Å²) in [6, 6.07) is 6.77. The fourth-order valence-corrected chi connectivity index (χ4v) is 5.52. The van der Waals surface area contributed by atoms with E-state index in [1.165, 1.54) is 16.9 Å². The van der Waals surface area contributed by atoms with Crippen molar-refractivity contribution >= 4 is 22.7 Å². The summed E-state index contributed by atoms with van der Waals surface area (Å²) in [6.45, 7) is 9.43. The Morgan fingerprint density at radius 3 is 2.37 bits per heavy atom. The van der Waals surface area contributed by atoms with Gasteiger partial charge in [-0.2, -0.15) is 31.3 Å². The van der Waals surface area contributed by atoms with Crippen LogP contribution in [0, 0.1) is 0 Å². The maximum absolute atomic E-state index is 14.1. The molecular weight excluding hydrogens is 576 g/mol. The smallest absolute Gasteiger partial charge is 0.324 e. The zero-order chi connectivity index (χ0) is 31.5. The SMILES string of the molecule is C=CCn1c(=O)c2cnc(Nc3ccc4c(c3)CCN(C)C4(C(F)(F)F)C(F)(F)F)nc2n1-c1ccnc(C(C)(C)C)c1. The molecule has 1 N–H and O–H groups in total. The minimum atomic E-state index is -5.61. The van der Waals surface area contributed by atoms with Gasteiger partial charge in [0.05, 0.1) is 12.2 Å². The van der Waals surface area contributed by atoms with Crippen molar-refractivity contribution in [2.24, 2.45) is 0 Å². The largest absolute Gasteiger partial charge is 0.419 e. The van der Waals surface area contributed by atoms with Gasteiger partial charge in [0.2, 0.25) is 11.5 Å². The second-order valence-corrected chi connectivity index (χ2v) is 11.4. The minimum absolute atomic E-state index is 0.00659. The number of likely N-dealkylation sites (N-methyl/N-ethyl adjacent to an activating group) is 1. The van der Waals surface area contributed by atoms with E-state index in [0.29, 0.717) is 10.6 Å². The Morgan fingerprint density at radius 1 is 1.05 bits per heavy atom. The lowest BCUT2D eigenvalue weighted by Gasteiger charge is -2.47. The van der Waals surface area contributed by atoms with Crippen molar-refractivity contribution in [3.8, 4) is 5.69 Å². The number of nitrogens with one attached hydrogen (secondary N) is 1. The fourth-order valence-electron chi connectivity index (χ4n) is 5.52. The molecule has 3 aromatic heterocycles. The summed E-state index contributed by atoms with van der Waals surface area (Å²) in [7, 11) is 0.824. The van der Waals surface area contributed by atoms with Gasteiger partial charge in [0, 0.05) is 35.7 Å². The number of halogens is 6. The number of fused-ring (bicyclic) bond motifs is 2. The van der Waals surface area contributed by atoms with E-state index in [1.54, 1.807) is 23.0 Å². The van der Waals surface area contributed by atoms with Crippen LogP contribution in [0.4, 0.5) is 38.0 Å². The van der Waals surface area contributed by atoms with Crippen molar-refractivity contribution in [1.29, 1.82) is 0 Å². The molecule has 0 atom stereocenters. The lowest BCUT2D eigenvalue weighted by Crippen LogP contribution is -2.65. The number of nitrogens with zero attached hydrogens (tertiary/aromatic N) is 6. The Labute approximate surface area is 242 Å². The molecule has 4 heterocycles. The summed E-state index contributed by atoms with van der Waals surface area (Å²) in [5.41, 5.74) is -3.96. The topological polar surface area (TPSA) is 80.9 Å². The number of hydrogen-bond acceptors (Lipinski definition) is 6. The molecule has 5 rings (SSSR count). The average molecular weight is 606 g/mol. The summed E-state index contributed by atoms with van der Waals surface area (Å²) < 4.78 is 87.9. The molecule has 1 aliphatic heterocycles. The molecule has 0 unspecified atom stereocenters. The Hall–Kier alpha value is -4.20. The average Bonchev–Trinajstić information content (AvgIpc) is 3.17. The second kappa shape index (κ2) is 10.2. The van der Waals surface area contributed by atoms with Gasteiger partial charge in [0.25, 0.3) is 5.56 Å². The van der Waals surface area contributed by atoms with Gasteiger partial charge in [-0.15, -0.1) is 6.58 Å². The number of anilines is 2. The zero-order valence-corrected chi connectivity index (χ0v) is 23.8. The molecule has 1 aromatic carbocycles. The predicted octanol–water partition coefficient (Wildman–Crippen LogP) is 6.01. The normalized spacial score (nSPS) is 15.9. The van der Waals surface area contributed by atoms with Crippen LogP contribution in [-0.4, -0.2) is 55.2 Å². The van der Waals surface area contributed by atoms with Crippen LogP contribution in [0.25, 0.3) is 16.7 Å². The van der Waals surface area contributed by atoms with E-state index >= 15 is 0 Å². The molecular formula is C29H29F6N7O. The van der Waals surface area contributed by atoms with Gasteiger partial charge in [-0.25, -0.2) is 14.3 Å². The third kappa shape index (κ3) is 4.86. The molecule has 0 saturated heterocycles. The highest BCUT2D eigenvalue weighted by Gasteiger charge is 2.75. The first kappa shape index (κ1) is 30.3. The monoisotopic (exact) mass is 605 g/mol. The van der Waals surface area contributed by atoms with Crippen molar-refractivity contribution in [1.82, 2.24) is 29.2 Å². The first-order chi connectivity index (χ1) is 20.0. The quantitative estimate of drug-likeness (QED) is 0.222. The number of pyridine rings is 1. The lowest BCUT2D eigenvalue weighted by molar-refractivity contribution is -0.347. The van der Waals surface area contributed by atoms with Crippen LogP contribution >= 0.6 is 0 Å². The lowest BCUT2D eigenvalue weighted by atomic mass is 9.79. The van der Waals surface area contributed by atoms with Gasteiger partial charge in [0.1, 0.15) is 5.39 Å². The molecule has 1 aliphatic rings. The van der Waals surface area contributed by atoms with Gasteiger partial charge in [0.15, 0.2) is 5.65 Å². The van der Waals surface area contributed by atoms with Gasteiger partial charge in [-0.1, -0.05) is 32.9 Å². The van der Waals surface area contributed by atoms with Gasteiger partial charge in [-0.05, 0) is 48.9 Å². The number of aromatic nitrogens is 5. The van der Waals surface area contributed by atoms with Gasteiger partial charge in [-0.3, -0.25) is 14.7 Å². The molecule has 0 saturated carbocycles. The maximum atomic E-state index is 14.1. The van der Waals surface area contributed by atoms with Crippen LogP contribution in [0.5, 0.6) is 0 Å². The van der Waals surface area contributed by atoms with Crippen LogP contribution in [0.15, 0.2) is 60.2 Å². The zero-order valence-electron chi connectivity index (χ0n) is 23.8. The molecule has 43 heavy (non-hydrogen) atoms. The van der Waals surface area contributed by atoms with Gasteiger partial charge < -0.3 is 5.32 Å². The number of allylic oxidation sites excluding steroid dienone is 1. The van der Waals surface area contributed by atoms with Crippen LogP contribution < -0.4 is 10.9 Å². The molecule has 4 aromatic rings. The molecule has 14 heteroatoms. The summed E-state index contributed by atoms with van der Waals surface area (Å²) in [6.07, 6.45) is -6.75. The molecule has 228 valence electrons. The summed E-state index contributed by atoms with van der Waals surface area (Å²) in [5, 5.41) is 3.09. The Morgan fingerprint density at radius 2 is 1.74 bits per heavy atom. The van der Waals surface area contributed by atoms with Crippen molar-refractivity contribution in [3.05, 3.63) is 82.6 Å². The van der Waals surface area contributed by atoms with Crippen molar-refractivity contribution in [2.75, 3.05) is 18.9 Å². The third-order valence-corrected chi connectivity index (χ3v) is 7.59. The highest BCUT2D eigenvalue weighted by Crippen LogP contribution is 2.56. The molecule has 0 aliphatic carbocycles. The summed E-state index contributed by atoms with van der Waals surface area (Å²) in [4.78, 5) is 26.7. The van der Waals surface area contributed by atoms with Crippen molar-refractivity contribution in [2.45, 2.75) is 57.0 Å². The van der Waals surface area contributed by atoms with Crippen LogP contribution in [0.1, 0.15) is 37.6 Å². The van der Waals surface area contributed by atoms with Crippen LogP contribution in [-0.2, 0) is 23.9 Å². The third-order valence-electron chi connectivity index (χ3n) is 7.59. The number of alkyl halides is 6. The number of benzene rings is 1. The molecule has 0 spiro atoms. The number of rotatable bonds is 5. The van der Waals surface area contributed by atoms with Crippen LogP contribution in [0.2, 0.25) is 0 Å². The predicted molar refractivity (Wildman–Crippen MR) is 150 cm³/mol. The first-order valence-corrected chi connectivity index (χ1v) is 13.3. The highest BCUT2D eigenvalue weighted by atomic mass is 19.4. The summed E-state index contributed by atoms with van der Waals surface area (Å²) in [5.74, 6) is -0.00659. The Bertz CT molecular complexity index is 1750. The van der Waals surface area contributed by atoms with E-state index in [9.17, 15) is 31.1 Å². The van der Waals surface area contributed by atoms with Crippen LogP contribution in [0.3, 0.4) is 0 Å². The standard InChI is InChI=1S/C29H29F6N7O/c1-6-12-41-24(43)20-16-37-25(39-23(20)42(41)19-9-11-36-22(15-19)26(2,3)4)38-18-7-8-21-17(14-18)10-13-40(5)27(21,28(30,31)32)29(33,34)35/h6-9,11,14-16H,1,10,12-13H2,2-5H3,(H,37,38,39). The summed E-state index contributed by atoms with van der Waals surface area (Å²) >= 11 is 0. The first-order valence-electron chi connectivity index (χ1n) is 13.3. The molecule has 0 radical (unpaired) electrons. The van der Waals surface area contributed by atoms with E-state index in [1.807, 2.05) is 26.8 Å². The Kier molecular flexibility index (Phi) is 7.19. The minimum Gasteiger partial charge on any atom is -0.324 e. The van der Waals surface area contributed by atoms with E-state index in [-0.39, 0.29) is 52.2 Å². The Balaban J connectivity index is 1.61.